The lowest BCUT2D eigenvalue weighted by molar-refractivity contribution is -0.106. The third-order valence-corrected chi connectivity index (χ3v) is 6.11. The fraction of sp³-hybridized carbons (Fsp3) is 1.00. The fourth-order valence-corrected chi connectivity index (χ4v) is 4.35. The molecule has 0 radical (unpaired) electrons. The SMILES string of the molecule is COC1(C)CCCN(C2(CN)CCCC(C)C2C)C1. The van der Waals surface area contributed by atoms with E-state index in [-0.39, 0.29) is 11.1 Å². The Labute approximate surface area is 118 Å². The molecule has 112 valence electrons. The monoisotopic (exact) mass is 268 g/mol. The number of rotatable bonds is 3. The number of hydrogen-bond acceptors (Lipinski definition) is 3. The second-order valence-corrected chi connectivity index (χ2v) is 7.15. The first-order valence-electron chi connectivity index (χ1n) is 7.98. The van der Waals surface area contributed by atoms with Crippen molar-refractivity contribution in [2.45, 2.75) is 64.0 Å². The van der Waals surface area contributed by atoms with Crippen molar-refractivity contribution < 1.29 is 4.74 Å². The Kier molecular flexibility index (Phi) is 4.59. The van der Waals surface area contributed by atoms with Gasteiger partial charge >= 0.3 is 0 Å². The minimum absolute atomic E-state index is 0.0147. The standard InChI is InChI=1S/C16H32N2O/c1-13-7-5-9-16(11-17,14(13)2)18-10-6-8-15(3,12-18)19-4/h13-14H,5-12,17H2,1-4H3. The molecular weight excluding hydrogens is 236 g/mol. The zero-order valence-electron chi connectivity index (χ0n) is 13.2. The maximum absolute atomic E-state index is 6.27. The van der Waals surface area contributed by atoms with Crippen LogP contribution in [-0.4, -0.2) is 42.8 Å². The van der Waals surface area contributed by atoms with Gasteiger partial charge in [-0.2, -0.15) is 0 Å². The van der Waals surface area contributed by atoms with Crippen LogP contribution in [0.15, 0.2) is 0 Å². The summed E-state index contributed by atoms with van der Waals surface area (Å²) in [5.74, 6) is 1.47. The van der Waals surface area contributed by atoms with E-state index in [0.29, 0.717) is 5.92 Å². The second kappa shape index (κ2) is 5.71. The van der Waals surface area contributed by atoms with Crippen molar-refractivity contribution in [2.75, 3.05) is 26.7 Å². The highest BCUT2D eigenvalue weighted by Gasteiger charge is 2.47. The van der Waals surface area contributed by atoms with Crippen LogP contribution in [0.5, 0.6) is 0 Å². The van der Waals surface area contributed by atoms with Crippen LogP contribution in [0.25, 0.3) is 0 Å². The molecule has 2 rings (SSSR count). The maximum Gasteiger partial charge on any atom is 0.0777 e. The Hall–Kier alpha value is -0.120. The number of piperidine rings is 1. The van der Waals surface area contributed by atoms with Crippen LogP contribution in [-0.2, 0) is 4.74 Å². The quantitative estimate of drug-likeness (QED) is 0.855. The van der Waals surface area contributed by atoms with Gasteiger partial charge in [0.25, 0.3) is 0 Å². The average Bonchev–Trinajstić information content (AvgIpc) is 2.42. The van der Waals surface area contributed by atoms with Gasteiger partial charge in [0.1, 0.15) is 0 Å². The predicted octanol–water partition coefficient (Wildman–Crippen LogP) is 2.64. The summed E-state index contributed by atoms with van der Waals surface area (Å²) in [6.07, 6.45) is 6.34. The van der Waals surface area contributed by atoms with E-state index < -0.39 is 0 Å². The topological polar surface area (TPSA) is 38.5 Å². The summed E-state index contributed by atoms with van der Waals surface area (Å²) in [5.41, 5.74) is 6.49. The van der Waals surface area contributed by atoms with E-state index in [1.165, 1.54) is 38.6 Å². The summed E-state index contributed by atoms with van der Waals surface area (Å²) >= 11 is 0. The molecule has 1 saturated heterocycles. The van der Waals surface area contributed by atoms with Gasteiger partial charge in [-0.15, -0.1) is 0 Å². The van der Waals surface area contributed by atoms with Crippen LogP contribution in [0.3, 0.4) is 0 Å². The van der Waals surface area contributed by atoms with Gasteiger partial charge in [0.15, 0.2) is 0 Å². The minimum atomic E-state index is 0.0147. The second-order valence-electron chi connectivity index (χ2n) is 7.15. The maximum atomic E-state index is 6.27. The molecule has 1 saturated carbocycles. The van der Waals surface area contributed by atoms with Crippen LogP contribution in [0, 0.1) is 11.8 Å². The molecule has 2 N–H and O–H groups in total. The predicted molar refractivity (Wildman–Crippen MR) is 80.2 cm³/mol. The molecule has 19 heavy (non-hydrogen) atoms. The van der Waals surface area contributed by atoms with Gasteiger partial charge in [0.05, 0.1) is 5.60 Å². The zero-order chi connectivity index (χ0) is 14.1. The van der Waals surface area contributed by atoms with Gasteiger partial charge in [0.2, 0.25) is 0 Å². The Balaban J connectivity index is 2.20. The molecule has 0 aromatic rings. The van der Waals surface area contributed by atoms with E-state index in [4.69, 9.17) is 10.5 Å². The van der Waals surface area contributed by atoms with Crippen LogP contribution < -0.4 is 5.73 Å². The fourth-order valence-electron chi connectivity index (χ4n) is 4.35. The summed E-state index contributed by atoms with van der Waals surface area (Å²) < 4.78 is 5.77. The first-order valence-corrected chi connectivity index (χ1v) is 7.98. The number of methoxy groups -OCH3 is 1. The zero-order valence-corrected chi connectivity index (χ0v) is 13.2. The molecule has 4 unspecified atom stereocenters. The van der Waals surface area contributed by atoms with Gasteiger partial charge in [-0.1, -0.05) is 26.7 Å². The Morgan fingerprint density at radius 2 is 2.00 bits per heavy atom. The third kappa shape index (κ3) is 2.70. The lowest BCUT2D eigenvalue weighted by atomic mass is 9.66. The normalized spacial score (nSPS) is 45.3. The third-order valence-electron chi connectivity index (χ3n) is 6.11. The van der Waals surface area contributed by atoms with Crippen molar-refractivity contribution in [3.63, 3.8) is 0 Å². The van der Waals surface area contributed by atoms with Gasteiger partial charge < -0.3 is 10.5 Å². The van der Waals surface area contributed by atoms with Gasteiger partial charge in [-0.3, -0.25) is 4.90 Å². The number of ether oxygens (including phenoxy) is 1. The number of hydrogen-bond donors (Lipinski definition) is 1. The van der Waals surface area contributed by atoms with Crippen LogP contribution in [0.2, 0.25) is 0 Å². The Bertz CT molecular complexity index is 309. The van der Waals surface area contributed by atoms with Crippen LogP contribution in [0.1, 0.15) is 52.9 Å². The van der Waals surface area contributed by atoms with Crippen LogP contribution in [0.4, 0.5) is 0 Å². The molecular formula is C16H32N2O. The van der Waals surface area contributed by atoms with E-state index in [2.05, 4.69) is 25.7 Å². The summed E-state index contributed by atoms with van der Waals surface area (Å²) in [5, 5.41) is 0. The van der Waals surface area contributed by atoms with Gasteiger partial charge in [-0.25, -0.2) is 0 Å². The summed E-state index contributed by atoms with van der Waals surface area (Å²) in [6, 6.07) is 0. The minimum Gasteiger partial charge on any atom is -0.377 e. The van der Waals surface area contributed by atoms with Crippen molar-refractivity contribution >= 4 is 0 Å². The number of nitrogens with zero attached hydrogens (tertiary/aromatic N) is 1. The van der Waals surface area contributed by atoms with Crippen LogP contribution >= 0.6 is 0 Å². The van der Waals surface area contributed by atoms with Crippen molar-refractivity contribution in [3.8, 4) is 0 Å². The molecule has 2 aliphatic rings. The highest BCUT2D eigenvalue weighted by molar-refractivity contribution is 5.03. The molecule has 4 atom stereocenters. The molecule has 0 spiro atoms. The largest absolute Gasteiger partial charge is 0.377 e. The number of nitrogens with two attached hydrogens (primary N) is 1. The van der Waals surface area contributed by atoms with Crippen molar-refractivity contribution in [3.05, 3.63) is 0 Å². The van der Waals surface area contributed by atoms with E-state index in [1.807, 2.05) is 7.11 Å². The van der Waals surface area contributed by atoms with E-state index in [9.17, 15) is 0 Å². The van der Waals surface area contributed by atoms with Crippen molar-refractivity contribution in [1.29, 1.82) is 0 Å². The van der Waals surface area contributed by atoms with Gasteiger partial charge in [-0.05, 0) is 44.6 Å². The first kappa shape index (κ1) is 15.3. The highest BCUT2D eigenvalue weighted by atomic mass is 16.5. The molecule has 0 aromatic heterocycles. The lowest BCUT2D eigenvalue weighted by Crippen LogP contribution is -2.65. The Morgan fingerprint density at radius 1 is 1.26 bits per heavy atom. The van der Waals surface area contributed by atoms with E-state index in [1.54, 1.807) is 0 Å². The smallest absolute Gasteiger partial charge is 0.0777 e. The van der Waals surface area contributed by atoms with Gasteiger partial charge in [0, 0.05) is 25.7 Å². The molecule has 3 nitrogen and oxygen atoms in total. The molecule has 2 fully saturated rings. The molecule has 0 aromatic carbocycles. The summed E-state index contributed by atoms with van der Waals surface area (Å²) in [4.78, 5) is 2.67. The molecule has 0 bridgehead atoms. The highest BCUT2D eigenvalue weighted by Crippen LogP contribution is 2.43. The van der Waals surface area contributed by atoms with Crippen molar-refractivity contribution in [1.82, 2.24) is 4.90 Å². The summed E-state index contributed by atoms with van der Waals surface area (Å²) in [6.45, 7) is 10.1. The number of likely N-dealkylation sites (tertiary alicyclic amines) is 1. The Morgan fingerprint density at radius 3 is 2.63 bits per heavy atom. The molecule has 1 aliphatic heterocycles. The summed E-state index contributed by atoms with van der Waals surface area (Å²) in [7, 11) is 1.85. The lowest BCUT2D eigenvalue weighted by Gasteiger charge is -2.56. The van der Waals surface area contributed by atoms with E-state index in [0.717, 1.165) is 19.0 Å². The molecule has 1 heterocycles. The molecule has 1 aliphatic carbocycles. The molecule has 3 heteroatoms. The van der Waals surface area contributed by atoms with E-state index >= 15 is 0 Å². The molecule has 0 amide bonds. The van der Waals surface area contributed by atoms with Crippen molar-refractivity contribution in [2.24, 2.45) is 17.6 Å². The first-order chi connectivity index (χ1) is 8.97. The average molecular weight is 268 g/mol.